The third-order valence-electron chi connectivity index (χ3n) is 7.91. The van der Waals surface area contributed by atoms with Gasteiger partial charge in [0.15, 0.2) is 0 Å². The van der Waals surface area contributed by atoms with E-state index in [1.165, 1.54) is 19.3 Å². The molecule has 1 aromatic rings. The number of hydrogen-bond acceptors (Lipinski definition) is 5. The molecule has 4 bridgehead atoms. The van der Waals surface area contributed by atoms with Crippen LogP contribution >= 0.6 is 0 Å². The molecule has 6 rings (SSSR count). The van der Waals surface area contributed by atoms with E-state index in [2.05, 4.69) is 0 Å². The van der Waals surface area contributed by atoms with E-state index in [4.69, 9.17) is 9.47 Å². The molecule has 7 heteroatoms. The molecule has 2 amide bonds. The van der Waals surface area contributed by atoms with Crippen molar-refractivity contribution < 1.29 is 23.9 Å². The Labute approximate surface area is 189 Å². The molecule has 0 radical (unpaired) electrons. The van der Waals surface area contributed by atoms with Gasteiger partial charge >= 0.3 is 6.16 Å². The third kappa shape index (κ3) is 3.97. The first-order valence-corrected chi connectivity index (χ1v) is 12.0. The Balaban J connectivity index is 1.16. The molecule has 0 atom stereocenters. The lowest BCUT2D eigenvalue weighted by atomic mass is 9.49. The number of amides is 2. The molecular weight excluding hydrogens is 408 g/mol. The van der Waals surface area contributed by atoms with Gasteiger partial charge in [-0.25, -0.2) is 4.79 Å². The van der Waals surface area contributed by atoms with E-state index in [0.29, 0.717) is 43.4 Å². The highest BCUT2D eigenvalue weighted by atomic mass is 16.7. The molecule has 1 heterocycles. The van der Waals surface area contributed by atoms with Crippen LogP contribution in [0.4, 0.5) is 4.79 Å². The zero-order valence-corrected chi connectivity index (χ0v) is 18.8. The van der Waals surface area contributed by atoms with Crippen LogP contribution in [0.5, 0.6) is 5.75 Å². The lowest BCUT2D eigenvalue weighted by Gasteiger charge is -2.57. The molecule has 1 aliphatic heterocycles. The highest BCUT2D eigenvalue weighted by Crippen LogP contribution is 2.60. The summed E-state index contributed by atoms with van der Waals surface area (Å²) in [5.74, 6) is 2.89. The number of piperazine rings is 1. The van der Waals surface area contributed by atoms with Crippen LogP contribution in [-0.4, -0.2) is 60.6 Å². The smallest absolute Gasteiger partial charge is 0.434 e. The van der Waals surface area contributed by atoms with Gasteiger partial charge in [0.25, 0.3) is 5.91 Å². The van der Waals surface area contributed by atoms with Crippen molar-refractivity contribution in [2.24, 2.45) is 23.2 Å². The Bertz CT molecular complexity index is 853. The first-order chi connectivity index (χ1) is 15.5. The molecule has 7 nitrogen and oxygen atoms in total. The molecule has 0 unspecified atom stereocenters. The number of rotatable bonds is 4. The van der Waals surface area contributed by atoms with E-state index in [9.17, 15) is 14.4 Å². The highest BCUT2D eigenvalue weighted by molar-refractivity contribution is 5.94. The summed E-state index contributed by atoms with van der Waals surface area (Å²) in [4.78, 5) is 41.7. The van der Waals surface area contributed by atoms with E-state index in [1.807, 2.05) is 9.80 Å². The van der Waals surface area contributed by atoms with Crippen molar-refractivity contribution in [3.63, 3.8) is 0 Å². The number of hydrogen-bond donors (Lipinski definition) is 0. The molecule has 0 spiro atoms. The predicted molar refractivity (Wildman–Crippen MR) is 117 cm³/mol. The van der Waals surface area contributed by atoms with Crippen LogP contribution < -0.4 is 4.74 Å². The van der Waals surface area contributed by atoms with Crippen molar-refractivity contribution in [2.75, 3.05) is 32.8 Å². The van der Waals surface area contributed by atoms with Crippen molar-refractivity contribution in [3.05, 3.63) is 29.8 Å². The summed E-state index contributed by atoms with van der Waals surface area (Å²) in [6, 6.07) is 6.50. The van der Waals surface area contributed by atoms with Crippen LogP contribution in [-0.2, 0) is 9.53 Å². The molecular formula is C25H32N2O5. The SMILES string of the molecule is CCOC(=O)Oc1ccc(C(=O)N2CCN(C(=O)C34CC5CC(CC(C5)C3)C4)CC2)cc1. The molecule has 4 aliphatic carbocycles. The quantitative estimate of drug-likeness (QED) is 0.527. The van der Waals surface area contributed by atoms with Gasteiger partial charge in [-0.2, -0.15) is 0 Å². The Morgan fingerprint density at radius 2 is 1.41 bits per heavy atom. The maximum Gasteiger partial charge on any atom is 0.513 e. The van der Waals surface area contributed by atoms with Gasteiger partial charge in [-0.1, -0.05) is 0 Å². The van der Waals surface area contributed by atoms with Gasteiger partial charge in [-0.05, 0) is 87.5 Å². The van der Waals surface area contributed by atoms with Crippen LogP contribution in [0.2, 0.25) is 0 Å². The topological polar surface area (TPSA) is 76.2 Å². The second-order valence-electron chi connectivity index (χ2n) is 10.1. The number of carbonyl (C=O) groups excluding carboxylic acids is 3. The van der Waals surface area contributed by atoms with E-state index in [-0.39, 0.29) is 17.9 Å². The van der Waals surface area contributed by atoms with Gasteiger partial charge in [0.2, 0.25) is 5.91 Å². The number of benzene rings is 1. The summed E-state index contributed by atoms with van der Waals surface area (Å²) >= 11 is 0. The van der Waals surface area contributed by atoms with Crippen molar-refractivity contribution in [1.82, 2.24) is 9.80 Å². The number of carbonyl (C=O) groups is 3. The average molecular weight is 441 g/mol. The molecule has 1 aromatic carbocycles. The molecule has 0 N–H and O–H groups in total. The fourth-order valence-corrected chi connectivity index (χ4v) is 6.91. The Kier molecular flexibility index (Phi) is 5.59. The van der Waals surface area contributed by atoms with E-state index >= 15 is 0 Å². The summed E-state index contributed by atoms with van der Waals surface area (Å²) in [7, 11) is 0. The van der Waals surface area contributed by atoms with Crippen LogP contribution in [0.1, 0.15) is 55.8 Å². The Morgan fingerprint density at radius 3 is 1.94 bits per heavy atom. The van der Waals surface area contributed by atoms with E-state index in [0.717, 1.165) is 37.0 Å². The molecule has 4 saturated carbocycles. The monoisotopic (exact) mass is 440 g/mol. The second-order valence-corrected chi connectivity index (χ2v) is 10.1. The van der Waals surface area contributed by atoms with Crippen molar-refractivity contribution in [2.45, 2.75) is 45.4 Å². The zero-order valence-electron chi connectivity index (χ0n) is 18.8. The molecule has 5 fully saturated rings. The van der Waals surface area contributed by atoms with Gasteiger partial charge in [0, 0.05) is 31.7 Å². The lowest BCUT2D eigenvalue weighted by molar-refractivity contribution is -0.159. The van der Waals surface area contributed by atoms with Gasteiger partial charge < -0.3 is 19.3 Å². The summed E-state index contributed by atoms with van der Waals surface area (Å²) in [5, 5.41) is 0. The van der Waals surface area contributed by atoms with Crippen LogP contribution in [0.15, 0.2) is 24.3 Å². The largest absolute Gasteiger partial charge is 0.513 e. The molecule has 5 aliphatic rings. The number of ether oxygens (including phenoxy) is 2. The predicted octanol–water partition coefficient (Wildman–Crippen LogP) is 3.72. The van der Waals surface area contributed by atoms with E-state index in [1.54, 1.807) is 31.2 Å². The molecule has 1 saturated heterocycles. The fourth-order valence-electron chi connectivity index (χ4n) is 6.91. The van der Waals surface area contributed by atoms with Crippen LogP contribution in [0.3, 0.4) is 0 Å². The average Bonchev–Trinajstić information content (AvgIpc) is 2.78. The zero-order chi connectivity index (χ0) is 22.3. The summed E-state index contributed by atoms with van der Waals surface area (Å²) in [6.07, 6.45) is 6.48. The maximum absolute atomic E-state index is 13.5. The fraction of sp³-hybridized carbons (Fsp3) is 0.640. The highest BCUT2D eigenvalue weighted by Gasteiger charge is 2.55. The van der Waals surface area contributed by atoms with Gasteiger partial charge in [0.05, 0.1) is 12.0 Å². The molecule has 32 heavy (non-hydrogen) atoms. The van der Waals surface area contributed by atoms with E-state index < -0.39 is 6.16 Å². The Morgan fingerprint density at radius 1 is 0.875 bits per heavy atom. The van der Waals surface area contributed by atoms with Crippen molar-refractivity contribution in [3.8, 4) is 5.75 Å². The first-order valence-electron chi connectivity index (χ1n) is 12.0. The Hall–Kier alpha value is -2.57. The third-order valence-corrected chi connectivity index (χ3v) is 7.91. The van der Waals surface area contributed by atoms with Gasteiger partial charge in [-0.3, -0.25) is 9.59 Å². The minimum atomic E-state index is -0.758. The summed E-state index contributed by atoms with van der Waals surface area (Å²) in [6.45, 7) is 4.27. The lowest BCUT2D eigenvalue weighted by Crippen LogP contribution is -2.58. The molecule has 0 aromatic heterocycles. The second kappa shape index (κ2) is 8.41. The summed E-state index contributed by atoms with van der Waals surface area (Å²) in [5.41, 5.74) is 0.428. The first kappa shape index (κ1) is 21.3. The van der Waals surface area contributed by atoms with Gasteiger partial charge in [0.1, 0.15) is 5.75 Å². The normalized spacial score (nSPS) is 30.8. The maximum atomic E-state index is 13.5. The molecule has 172 valence electrons. The van der Waals surface area contributed by atoms with Crippen LogP contribution in [0.25, 0.3) is 0 Å². The minimum Gasteiger partial charge on any atom is -0.434 e. The van der Waals surface area contributed by atoms with Crippen molar-refractivity contribution >= 4 is 18.0 Å². The van der Waals surface area contributed by atoms with Crippen LogP contribution in [0, 0.1) is 23.2 Å². The number of nitrogens with zero attached hydrogens (tertiary/aromatic N) is 2. The van der Waals surface area contributed by atoms with Gasteiger partial charge in [-0.15, -0.1) is 0 Å². The van der Waals surface area contributed by atoms with Crippen molar-refractivity contribution in [1.29, 1.82) is 0 Å². The summed E-state index contributed by atoms with van der Waals surface area (Å²) < 4.78 is 9.80. The standard InChI is InChI=1S/C25H32N2O5/c1-2-31-24(30)32-21-5-3-20(4-6-21)22(28)26-7-9-27(10-8-26)23(29)25-14-17-11-18(15-25)13-19(12-17)16-25/h3-6,17-19H,2,7-16H2,1H3. The minimum absolute atomic E-state index is 0.0606.